The lowest BCUT2D eigenvalue weighted by Crippen LogP contribution is -2.34. The highest BCUT2D eigenvalue weighted by molar-refractivity contribution is 7.47. The molecule has 11 nitrogen and oxygen atoms in total. The average molecular weight is 784 g/mol. The van der Waals surface area contributed by atoms with E-state index in [4.69, 9.17) is 24.8 Å². The summed E-state index contributed by atoms with van der Waals surface area (Å²) in [6, 6.07) is -1.53. The van der Waals surface area contributed by atoms with Crippen molar-refractivity contribution in [2.24, 2.45) is 5.73 Å². The van der Waals surface area contributed by atoms with E-state index in [1.54, 1.807) is 0 Å². The lowest BCUT2D eigenvalue weighted by atomic mass is 10.1. The molecule has 0 aromatic heterocycles. The Morgan fingerprint density at radius 2 is 0.981 bits per heavy atom. The molecule has 2 unspecified atom stereocenters. The zero-order valence-electron chi connectivity index (χ0n) is 33.6. The van der Waals surface area contributed by atoms with E-state index in [1.165, 1.54) is 38.5 Å². The highest BCUT2D eigenvalue weighted by atomic mass is 31.2. The Balaban J connectivity index is 4.45. The van der Waals surface area contributed by atoms with Crippen LogP contribution in [-0.2, 0) is 37.5 Å². The Hall–Kier alpha value is -2.56. The summed E-state index contributed by atoms with van der Waals surface area (Å²) in [5.41, 5.74) is 5.32. The number of rotatable bonds is 38. The molecule has 0 saturated carbocycles. The van der Waals surface area contributed by atoms with Crippen molar-refractivity contribution in [1.29, 1.82) is 0 Å². The van der Waals surface area contributed by atoms with Crippen LogP contribution in [0.2, 0.25) is 0 Å². The van der Waals surface area contributed by atoms with E-state index in [1.807, 2.05) is 0 Å². The Morgan fingerprint density at radius 3 is 1.44 bits per heavy atom. The molecule has 0 fully saturated rings. The van der Waals surface area contributed by atoms with Crippen molar-refractivity contribution in [2.45, 2.75) is 180 Å². The number of ether oxygens (including phenoxy) is 2. The Morgan fingerprint density at radius 1 is 0.574 bits per heavy atom. The molecule has 4 N–H and O–H groups in total. The minimum Gasteiger partial charge on any atom is -0.480 e. The van der Waals surface area contributed by atoms with Crippen LogP contribution in [0.3, 0.4) is 0 Å². The third-order valence-corrected chi connectivity index (χ3v) is 9.50. The van der Waals surface area contributed by atoms with E-state index >= 15 is 0 Å². The van der Waals surface area contributed by atoms with Crippen LogP contribution in [0.5, 0.6) is 0 Å². The van der Waals surface area contributed by atoms with Crippen LogP contribution in [0.1, 0.15) is 168 Å². The normalized spacial score (nSPS) is 14.3. The number of phosphoric ester groups is 1. The van der Waals surface area contributed by atoms with Crippen LogP contribution in [0.15, 0.2) is 48.6 Å². The minimum atomic E-state index is -4.72. The first-order valence-electron chi connectivity index (χ1n) is 20.7. The van der Waals surface area contributed by atoms with Gasteiger partial charge in [-0.15, -0.1) is 0 Å². The van der Waals surface area contributed by atoms with Gasteiger partial charge in [-0.1, -0.05) is 127 Å². The van der Waals surface area contributed by atoms with Gasteiger partial charge < -0.3 is 25.2 Å². The molecule has 0 aromatic rings. The van der Waals surface area contributed by atoms with E-state index in [0.717, 1.165) is 89.9 Å². The molecule has 0 spiro atoms. The maximum atomic E-state index is 12.6. The number of carboxylic acid groups (broad SMARTS) is 1. The number of phosphoric acid groups is 1. The van der Waals surface area contributed by atoms with Crippen LogP contribution in [0.25, 0.3) is 0 Å². The lowest BCUT2D eigenvalue weighted by Gasteiger charge is -2.20. The van der Waals surface area contributed by atoms with E-state index in [-0.39, 0.29) is 19.4 Å². The quantitative estimate of drug-likeness (QED) is 0.0235. The monoisotopic (exact) mass is 784 g/mol. The van der Waals surface area contributed by atoms with Crippen LogP contribution in [0, 0.1) is 0 Å². The molecule has 0 aliphatic rings. The van der Waals surface area contributed by atoms with Gasteiger partial charge in [0.1, 0.15) is 12.6 Å². The zero-order chi connectivity index (χ0) is 40.0. The Kier molecular flexibility index (Phi) is 35.6. The van der Waals surface area contributed by atoms with Gasteiger partial charge in [0.2, 0.25) is 0 Å². The molecule has 12 heteroatoms. The molecular formula is C42H74NO10P. The third kappa shape index (κ3) is 36.4. The summed E-state index contributed by atoms with van der Waals surface area (Å²) in [5.74, 6) is -2.42. The van der Waals surface area contributed by atoms with Crippen molar-refractivity contribution in [3.8, 4) is 0 Å². The summed E-state index contributed by atoms with van der Waals surface area (Å²) in [6.07, 6.45) is 40.3. The van der Waals surface area contributed by atoms with Gasteiger partial charge in [-0.2, -0.15) is 0 Å². The predicted octanol–water partition coefficient (Wildman–Crippen LogP) is 10.6. The molecule has 0 aliphatic heterocycles. The molecule has 0 amide bonds. The smallest absolute Gasteiger partial charge is 0.472 e. The number of aliphatic carboxylic acids is 1. The number of allylic oxidation sites excluding steroid dienone is 8. The summed E-state index contributed by atoms with van der Waals surface area (Å²) >= 11 is 0. The molecule has 54 heavy (non-hydrogen) atoms. The summed E-state index contributed by atoms with van der Waals surface area (Å²) in [5, 5.41) is 8.87. The largest absolute Gasteiger partial charge is 0.480 e. The number of carbonyl (C=O) groups excluding carboxylic acids is 2. The summed E-state index contributed by atoms with van der Waals surface area (Å²) in [7, 11) is -4.72. The maximum absolute atomic E-state index is 12.6. The second kappa shape index (κ2) is 37.4. The van der Waals surface area contributed by atoms with Gasteiger partial charge in [0.15, 0.2) is 6.10 Å². The minimum absolute atomic E-state index is 0.141. The molecule has 0 heterocycles. The second-order valence-electron chi connectivity index (χ2n) is 13.8. The van der Waals surface area contributed by atoms with Crippen LogP contribution < -0.4 is 5.73 Å². The predicted molar refractivity (Wildman–Crippen MR) is 217 cm³/mol. The molecule has 0 aromatic carbocycles. The molecule has 0 radical (unpaired) electrons. The highest BCUT2D eigenvalue weighted by Crippen LogP contribution is 2.43. The Bertz CT molecular complexity index is 1110. The van der Waals surface area contributed by atoms with Crippen LogP contribution in [-0.4, -0.2) is 59.9 Å². The first kappa shape index (κ1) is 51.4. The van der Waals surface area contributed by atoms with Crippen molar-refractivity contribution in [1.82, 2.24) is 0 Å². The van der Waals surface area contributed by atoms with Crippen molar-refractivity contribution >= 4 is 25.7 Å². The molecule has 0 bridgehead atoms. The number of unbranched alkanes of at least 4 members (excludes halogenated alkanes) is 16. The molecule has 3 atom stereocenters. The third-order valence-electron chi connectivity index (χ3n) is 8.55. The lowest BCUT2D eigenvalue weighted by molar-refractivity contribution is -0.161. The summed E-state index contributed by atoms with van der Waals surface area (Å²) in [6.45, 7) is 2.71. The number of hydrogen-bond acceptors (Lipinski definition) is 9. The zero-order valence-corrected chi connectivity index (χ0v) is 34.4. The first-order chi connectivity index (χ1) is 26.1. The maximum Gasteiger partial charge on any atom is 0.472 e. The molecular weight excluding hydrogens is 709 g/mol. The van der Waals surface area contributed by atoms with Gasteiger partial charge in [-0.3, -0.25) is 23.4 Å². The van der Waals surface area contributed by atoms with Crippen molar-refractivity contribution < 1.29 is 47.5 Å². The standard InChI is InChI=1S/C42H74NO10P/c1-3-5-7-9-11-13-15-17-19-21-23-25-27-29-31-33-40(44)50-35-38(36-51-54(48,49)52-37-39(43)42(46)47)53-41(45)34-32-30-28-26-24-22-20-18-16-14-12-10-8-6-4-2/h11-14,17-20,38-39H,3-10,15-16,21-37,43H2,1-2H3,(H,46,47)(H,48,49)/b13-11-,14-12-,19-17-,20-18-/t38?,39-/m0/s1. The van der Waals surface area contributed by atoms with Gasteiger partial charge >= 0.3 is 25.7 Å². The molecule has 0 saturated heterocycles. The van der Waals surface area contributed by atoms with E-state index < -0.39 is 51.1 Å². The fourth-order valence-electron chi connectivity index (χ4n) is 5.24. The van der Waals surface area contributed by atoms with Gasteiger partial charge in [0.25, 0.3) is 0 Å². The second-order valence-corrected chi connectivity index (χ2v) is 15.2. The van der Waals surface area contributed by atoms with E-state index in [0.29, 0.717) is 12.8 Å². The van der Waals surface area contributed by atoms with Crippen molar-refractivity contribution in [3.05, 3.63) is 48.6 Å². The molecule has 0 rings (SSSR count). The fraction of sp³-hybridized carbons (Fsp3) is 0.738. The first-order valence-corrected chi connectivity index (χ1v) is 22.2. The number of hydrogen-bond donors (Lipinski definition) is 3. The van der Waals surface area contributed by atoms with Crippen LogP contribution >= 0.6 is 7.82 Å². The highest BCUT2D eigenvalue weighted by Gasteiger charge is 2.28. The SMILES string of the molecule is CCCCC/C=C\C/C=C\CCCCCCCC(=O)OCC(COP(=O)(O)OC[C@H](N)C(=O)O)OC(=O)CCCCCCC/C=C\C/C=C\CCCCC. The number of carbonyl (C=O) groups is 3. The number of esters is 2. The van der Waals surface area contributed by atoms with Crippen LogP contribution in [0.4, 0.5) is 0 Å². The fourth-order valence-corrected chi connectivity index (χ4v) is 6.02. The van der Waals surface area contributed by atoms with Gasteiger partial charge in [0.05, 0.1) is 13.2 Å². The van der Waals surface area contributed by atoms with E-state index in [2.05, 4.69) is 67.0 Å². The molecule has 0 aliphatic carbocycles. The number of carboxylic acids is 1. The topological polar surface area (TPSA) is 172 Å². The average Bonchev–Trinajstić information content (AvgIpc) is 3.14. The number of nitrogens with two attached hydrogens (primary N) is 1. The van der Waals surface area contributed by atoms with Gasteiger partial charge in [-0.05, 0) is 77.0 Å². The summed E-state index contributed by atoms with van der Waals surface area (Å²) < 4.78 is 32.6. The van der Waals surface area contributed by atoms with Gasteiger partial charge in [-0.25, -0.2) is 4.57 Å². The van der Waals surface area contributed by atoms with E-state index in [9.17, 15) is 23.8 Å². The van der Waals surface area contributed by atoms with Crippen molar-refractivity contribution in [2.75, 3.05) is 19.8 Å². The Labute approximate surface area is 326 Å². The summed E-state index contributed by atoms with van der Waals surface area (Å²) in [4.78, 5) is 45.9. The van der Waals surface area contributed by atoms with Crippen molar-refractivity contribution in [3.63, 3.8) is 0 Å². The molecule has 312 valence electrons. The van der Waals surface area contributed by atoms with Gasteiger partial charge in [0, 0.05) is 12.8 Å².